The van der Waals surface area contributed by atoms with Crippen LogP contribution in [0.25, 0.3) is 11.3 Å². The van der Waals surface area contributed by atoms with E-state index in [1.54, 1.807) is 29.4 Å². The van der Waals surface area contributed by atoms with Crippen LogP contribution in [0.4, 0.5) is 4.39 Å². The first-order valence-electron chi connectivity index (χ1n) is 9.30. The van der Waals surface area contributed by atoms with E-state index in [9.17, 15) is 9.18 Å². The summed E-state index contributed by atoms with van der Waals surface area (Å²) in [5, 5.41) is 3.95. The standard InChI is InChI=1S/C21H21FN4O2/c1-13-20(14(2)28-25-13)19-11-23-18(10-24-19)8-15-6-7-26(12-15)21(27)16-4-3-5-17(22)9-16/h3-5,9-11,15H,6-8,12H2,1-2H3. The average molecular weight is 380 g/mol. The summed E-state index contributed by atoms with van der Waals surface area (Å²) in [7, 11) is 0. The van der Waals surface area contributed by atoms with Gasteiger partial charge in [0.1, 0.15) is 11.6 Å². The van der Waals surface area contributed by atoms with Gasteiger partial charge in [0.25, 0.3) is 5.91 Å². The summed E-state index contributed by atoms with van der Waals surface area (Å²) in [6.07, 6.45) is 5.17. The lowest BCUT2D eigenvalue weighted by molar-refractivity contribution is 0.0786. The molecule has 0 radical (unpaired) electrons. The van der Waals surface area contributed by atoms with Crippen LogP contribution in [0, 0.1) is 25.6 Å². The molecule has 1 saturated heterocycles. The minimum Gasteiger partial charge on any atom is -0.361 e. The summed E-state index contributed by atoms with van der Waals surface area (Å²) < 4.78 is 18.6. The fourth-order valence-electron chi connectivity index (χ4n) is 3.72. The number of hydrogen-bond acceptors (Lipinski definition) is 5. The van der Waals surface area contributed by atoms with E-state index in [2.05, 4.69) is 15.1 Å². The van der Waals surface area contributed by atoms with Crippen molar-refractivity contribution in [3.05, 3.63) is 65.2 Å². The molecular weight excluding hydrogens is 359 g/mol. The van der Waals surface area contributed by atoms with Crippen molar-refractivity contribution >= 4 is 5.91 Å². The number of carbonyl (C=O) groups excluding carboxylic acids is 1. The van der Waals surface area contributed by atoms with E-state index >= 15 is 0 Å². The number of halogens is 1. The molecule has 0 aliphatic carbocycles. The van der Waals surface area contributed by atoms with Crippen molar-refractivity contribution in [3.63, 3.8) is 0 Å². The van der Waals surface area contributed by atoms with Gasteiger partial charge in [-0.1, -0.05) is 11.2 Å². The lowest BCUT2D eigenvalue weighted by Crippen LogP contribution is -2.29. The third-order valence-corrected chi connectivity index (χ3v) is 5.14. The highest BCUT2D eigenvalue weighted by Gasteiger charge is 2.27. The molecule has 2 aromatic heterocycles. The monoisotopic (exact) mass is 380 g/mol. The van der Waals surface area contributed by atoms with Crippen LogP contribution in [0.15, 0.2) is 41.2 Å². The Balaban J connectivity index is 1.40. The number of amides is 1. The summed E-state index contributed by atoms with van der Waals surface area (Å²) in [6.45, 7) is 5.05. The first-order valence-corrected chi connectivity index (χ1v) is 9.30. The molecule has 0 spiro atoms. The van der Waals surface area contributed by atoms with Gasteiger partial charge in [-0.2, -0.15) is 0 Å². The zero-order chi connectivity index (χ0) is 19.7. The molecule has 0 bridgehead atoms. The molecule has 7 heteroatoms. The maximum atomic E-state index is 13.4. The molecule has 28 heavy (non-hydrogen) atoms. The van der Waals surface area contributed by atoms with Crippen molar-refractivity contribution in [2.24, 2.45) is 5.92 Å². The second-order valence-electron chi connectivity index (χ2n) is 7.21. The van der Waals surface area contributed by atoms with E-state index in [4.69, 9.17) is 4.52 Å². The first kappa shape index (κ1) is 18.3. The third-order valence-electron chi connectivity index (χ3n) is 5.14. The number of benzene rings is 1. The molecule has 1 fully saturated rings. The molecular formula is C21H21FN4O2. The Labute approximate surface area is 162 Å². The van der Waals surface area contributed by atoms with Crippen LogP contribution in [0.3, 0.4) is 0 Å². The van der Waals surface area contributed by atoms with Crippen molar-refractivity contribution in [2.75, 3.05) is 13.1 Å². The maximum absolute atomic E-state index is 13.4. The maximum Gasteiger partial charge on any atom is 0.253 e. The fourth-order valence-corrected chi connectivity index (χ4v) is 3.72. The van der Waals surface area contributed by atoms with Gasteiger partial charge in [-0.15, -0.1) is 0 Å². The molecule has 1 aliphatic heterocycles. The summed E-state index contributed by atoms with van der Waals surface area (Å²) in [6, 6.07) is 5.84. The minimum atomic E-state index is -0.393. The SMILES string of the molecule is Cc1noc(C)c1-c1cnc(CC2CCN(C(=O)c3cccc(F)c3)C2)cn1. The molecule has 1 atom stereocenters. The summed E-state index contributed by atoms with van der Waals surface area (Å²) in [5.41, 5.74) is 3.70. The third kappa shape index (κ3) is 3.65. The predicted molar refractivity (Wildman–Crippen MR) is 101 cm³/mol. The fraction of sp³-hybridized carbons (Fsp3) is 0.333. The largest absolute Gasteiger partial charge is 0.361 e. The quantitative estimate of drug-likeness (QED) is 0.692. The zero-order valence-corrected chi connectivity index (χ0v) is 15.9. The highest BCUT2D eigenvalue weighted by Crippen LogP contribution is 2.25. The second-order valence-corrected chi connectivity index (χ2v) is 7.21. The van der Waals surface area contributed by atoms with Crippen molar-refractivity contribution in [1.29, 1.82) is 0 Å². The molecule has 144 valence electrons. The van der Waals surface area contributed by atoms with Gasteiger partial charge < -0.3 is 9.42 Å². The highest BCUT2D eigenvalue weighted by molar-refractivity contribution is 5.94. The van der Waals surface area contributed by atoms with E-state index < -0.39 is 5.82 Å². The predicted octanol–water partition coefficient (Wildman–Crippen LogP) is 3.59. The number of carbonyl (C=O) groups is 1. The van der Waals surface area contributed by atoms with E-state index in [0.717, 1.165) is 41.2 Å². The number of hydrogen-bond donors (Lipinski definition) is 0. The summed E-state index contributed by atoms with van der Waals surface area (Å²) in [4.78, 5) is 23.4. The Morgan fingerprint density at radius 3 is 2.82 bits per heavy atom. The van der Waals surface area contributed by atoms with Crippen LogP contribution in [-0.4, -0.2) is 39.0 Å². The lowest BCUT2D eigenvalue weighted by atomic mass is 10.0. The molecule has 4 rings (SSSR count). The van der Waals surface area contributed by atoms with Gasteiger partial charge in [0.05, 0.1) is 28.8 Å². The Bertz CT molecular complexity index is 980. The van der Waals surface area contributed by atoms with E-state index in [1.165, 1.54) is 12.1 Å². The first-order chi connectivity index (χ1) is 13.5. The number of aryl methyl sites for hydroxylation is 2. The Kier molecular flexibility index (Phi) is 4.90. The molecule has 1 unspecified atom stereocenters. The van der Waals surface area contributed by atoms with Gasteiger partial charge >= 0.3 is 0 Å². The van der Waals surface area contributed by atoms with Crippen LogP contribution in [-0.2, 0) is 6.42 Å². The minimum absolute atomic E-state index is 0.123. The molecule has 1 amide bonds. The molecule has 0 N–H and O–H groups in total. The molecule has 3 aromatic rings. The van der Waals surface area contributed by atoms with Gasteiger partial charge in [-0.3, -0.25) is 14.8 Å². The van der Waals surface area contributed by atoms with Crippen molar-refractivity contribution in [3.8, 4) is 11.3 Å². The Morgan fingerprint density at radius 2 is 2.14 bits per heavy atom. The topological polar surface area (TPSA) is 72.1 Å². The van der Waals surface area contributed by atoms with Gasteiger partial charge in [0.2, 0.25) is 0 Å². The highest BCUT2D eigenvalue weighted by atomic mass is 19.1. The molecule has 3 heterocycles. The Morgan fingerprint density at radius 1 is 1.29 bits per heavy atom. The van der Waals surface area contributed by atoms with Crippen LogP contribution in [0.1, 0.15) is 33.9 Å². The second kappa shape index (κ2) is 7.50. The van der Waals surface area contributed by atoms with Crippen LogP contribution in [0.5, 0.6) is 0 Å². The summed E-state index contributed by atoms with van der Waals surface area (Å²) in [5.74, 6) is 0.524. The number of nitrogens with zero attached hydrogens (tertiary/aromatic N) is 4. The number of likely N-dealkylation sites (tertiary alicyclic amines) is 1. The lowest BCUT2D eigenvalue weighted by Gasteiger charge is -2.16. The molecule has 1 aromatic carbocycles. The van der Waals surface area contributed by atoms with Crippen LogP contribution in [0.2, 0.25) is 0 Å². The van der Waals surface area contributed by atoms with Crippen LogP contribution < -0.4 is 0 Å². The summed E-state index contributed by atoms with van der Waals surface area (Å²) >= 11 is 0. The molecule has 1 aliphatic rings. The Hall–Kier alpha value is -3.09. The van der Waals surface area contributed by atoms with Gasteiger partial charge in [0, 0.05) is 24.8 Å². The van der Waals surface area contributed by atoms with Gasteiger partial charge in [0.15, 0.2) is 0 Å². The average Bonchev–Trinajstić information content (AvgIpc) is 3.28. The number of aromatic nitrogens is 3. The van der Waals surface area contributed by atoms with Gasteiger partial charge in [-0.25, -0.2) is 4.39 Å². The normalized spacial score (nSPS) is 16.5. The smallest absolute Gasteiger partial charge is 0.253 e. The van der Waals surface area contributed by atoms with E-state index in [-0.39, 0.29) is 5.91 Å². The zero-order valence-electron chi connectivity index (χ0n) is 15.9. The van der Waals surface area contributed by atoms with Gasteiger partial charge in [-0.05, 0) is 50.8 Å². The van der Waals surface area contributed by atoms with Crippen LogP contribution >= 0.6 is 0 Å². The van der Waals surface area contributed by atoms with Crippen molar-refractivity contribution < 1.29 is 13.7 Å². The number of rotatable bonds is 4. The molecule has 0 saturated carbocycles. The van der Waals surface area contributed by atoms with Crippen molar-refractivity contribution in [1.82, 2.24) is 20.0 Å². The molecule has 6 nitrogen and oxygen atoms in total. The van der Waals surface area contributed by atoms with E-state index in [0.29, 0.717) is 24.6 Å². The van der Waals surface area contributed by atoms with E-state index in [1.807, 2.05) is 13.8 Å². The van der Waals surface area contributed by atoms with Crippen molar-refractivity contribution in [2.45, 2.75) is 26.7 Å².